The number of aliphatic hydroxyl groups is 1. The van der Waals surface area contributed by atoms with Crippen molar-refractivity contribution < 1.29 is 5.11 Å². The Balaban J connectivity index is 1.94. The van der Waals surface area contributed by atoms with E-state index in [9.17, 15) is 5.11 Å². The molecule has 23 heavy (non-hydrogen) atoms. The molecule has 0 unspecified atom stereocenters. The lowest BCUT2D eigenvalue weighted by Crippen LogP contribution is -1.92. The molecule has 2 heterocycles. The summed E-state index contributed by atoms with van der Waals surface area (Å²) in [5.41, 5.74) is 6.75. The number of hydrogen-bond donors (Lipinski definition) is 2. The summed E-state index contributed by atoms with van der Waals surface area (Å²) >= 11 is 0. The van der Waals surface area contributed by atoms with Crippen molar-refractivity contribution >= 4 is 6.08 Å². The average Bonchev–Trinajstić information content (AvgIpc) is 2.96. The molecule has 0 saturated heterocycles. The van der Waals surface area contributed by atoms with Crippen LogP contribution in [0.1, 0.15) is 22.5 Å². The Morgan fingerprint density at radius 1 is 1.17 bits per heavy atom. The van der Waals surface area contributed by atoms with Gasteiger partial charge in [0.15, 0.2) is 0 Å². The van der Waals surface area contributed by atoms with E-state index in [4.69, 9.17) is 0 Å². The monoisotopic (exact) mass is 305 g/mol. The molecule has 0 amide bonds. The Hall–Kier alpha value is -2.72. The van der Waals surface area contributed by atoms with Crippen molar-refractivity contribution in [2.24, 2.45) is 0 Å². The van der Waals surface area contributed by atoms with Gasteiger partial charge in [-0.05, 0) is 31.1 Å². The lowest BCUT2D eigenvalue weighted by Gasteiger charge is -2.07. The molecule has 1 aromatic carbocycles. The molecule has 0 radical (unpaired) electrons. The van der Waals surface area contributed by atoms with Gasteiger partial charge in [-0.15, -0.1) is 0 Å². The van der Waals surface area contributed by atoms with Crippen LogP contribution in [0.3, 0.4) is 0 Å². The summed E-state index contributed by atoms with van der Waals surface area (Å²) in [5, 5.41) is 9.17. The van der Waals surface area contributed by atoms with Crippen molar-refractivity contribution in [3.05, 3.63) is 65.6 Å². The molecule has 0 bridgehead atoms. The van der Waals surface area contributed by atoms with E-state index in [1.807, 2.05) is 44.2 Å². The van der Waals surface area contributed by atoms with E-state index in [2.05, 4.69) is 21.5 Å². The zero-order valence-electron chi connectivity index (χ0n) is 13.3. The normalized spacial score (nSPS) is 10.7. The summed E-state index contributed by atoms with van der Waals surface area (Å²) in [4.78, 5) is 12.3. The highest BCUT2D eigenvalue weighted by molar-refractivity contribution is 5.68. The first-order valence-electron chi connectivity index (χ1n) is 7.48. The topological polar surface area (TPSA) is 61.8 Å². The molecule has 116 valence electrons. The van der Waals surface area contributed by atoms with Gasteiger partial charge in [-0.2, -0.15) is 0 Å². The molecular formula is C19H19N3O. The van der Waals surface area contributed by atoms with Crippen molar-refractivity contribution in [2.75, 3.05) is 0 Å². The number of aryl methyl sites for hydroxylation is 2. The van der Waals surface area contributed by atoms with Crippen LogP contribution in [0.5, 0.6) is 0 Å². The van der Waals surface area contributed by atoms with Gasteiger partial charge in [0, 0.05) is 23.0 Å². The van der Waals surface area contributed by atoms with Gasteiger partial charge in [0.2, 0.25) is 0 Å². The van der Waals surface area contributed by atoms with Crippen LogP contribution in [0.25, 0.3) is 28.7 Å². The zero-order valence-corrected chi connectivity index (χ0v) is 13.3. The molecule has 3 aromatic rings. The molecule has 0 fully saturated rings. The summed E-state index contributed by atoms with van der Waals surface area (Å²) < 4.78 is 0. The lowest BCUT2D eigenvalue weighted by molar-refractivity contribution is 0.281. The molecule has 0 aliphatic rings. The van der Waals surface area contributed by atoms with Crippen LogP contribution in [-0.4, -0.2) is 20.1 Å². The van der Waals surface area contributed by atoms with Crippen LogP contribution >= 0.6 is 0 Å². The first-order valence-corrected chi connectivity index (χ1v) is 7.48. The fourth-order valence-electron chi connectivity index (χ4n) is 2.62. The first kappa shape index (κ1) is 15.2. The van der Waals surface area contributed by atoms with E-state index >= 15 is 0 Å². The summed E-state index contributed by atoms with van der Waals surface area (Å²) in [7, 11) is 0. The number of H-pyrrole nitrogens is 1. The Morgan fingerprint density at radius 2 is 1.87 bits per heavy atom. The Kier molecular flexibility index (Phi) is 4.08. The van der Waals surface area contributed by atoms with Crippen LogP contribution in [0.2, 0.25) is 0 Å². The maximum atomic E-state index is 9.17. The SMILES string of the molecule is C=Cc1nc(-c2ccc(-c3ncc(CO)cc3C)cc2)[nH]c1C. The molecule has 2 N–H and O–H groups in total. The minimum atomic E-state index is 0.0105. The van der Waals surface area contributed by atoms with Crippen molar-refractivity contribution in [1.82, 2.24) is 15.0 Å². The standard InChI is InChI=1S/C19H19N3O/c1-4-17-13(3)21-19(22-17)16-7-5-15(6-8-16)18-12(2)9-14(11-23)10-20-18/h4-10,23H,1,11H2,2-3H3,(H,21,22). The number of nitrogens with zero attached hydrogens (tertiary/aromatic N) is 2. The quantitative estimate of drug-likeness (QED) is 0.768. The summed E-state index contributed by atoms with van der Waals surface area (Å²) in [6.45, 7) is 7.76. The van der Waals surface area contributed by atoms with Gasteiger partial charge in [0.1, 0.15) is 5.82 Å². The van der Waals surface area contributed by atoms with Crippen molar-refractivity contribution in [2.45, 2.75) is 20.5 Å². The minimum Gasteiger partial charge on any atom is -0.392 e. The molecule has 2 aromatic heterocycles. The number of aliphatic hydroxyl groups excluding tert-OH is 1. The van der Waals surface area contributed by atoms with Gasteiger partial charge in [-0.25, -0.2) is 4.98 Å². The van der Waals surface area contributed by atoms with Crippen LogP contribution in [0.4, 0.5) is 0 Å². The summed E-state index contributed by atoms with van der Waals surface area (Å²) in [5.74, 6) is 0.837. The molecule has 4 nitrogen and oxygen atoms in total. The number of rotatable bonds is 4. The van der Waals surface area contributed by atoms with Gasteiger partial charge in [0.25, 0.3) is 0 Å². The second kappa shape index (κ2) is 6.18. The molecular weight excluding hydrogens is 286 g/mol. The fraction of sp³-hybridized carbons (Fsp3) is 0.158. The smallest absolute Gasteiger partial charge is 0.138 e. The van der Waals surface area contributed by atoms with Crippen molar-refractivity contribution in [3.8, 4) is 22.6 Å². The molecule has 4 heteroatoms. The maximum absolute atomic E-state index is 9.17. The fourth-order valence-corrected chi connectivity index (χ4v) is 2.62. The highest BCUT2D eigenvalue weighted by Crippen LogP contribution is 2.25. The van der Waals surface area contributed by atoms with Gasteiger partial charge >= 0.3 is 0 Å². The van der Waals surface area contributed by atoms with Crippen LogP contribution < -0.4 is 0 Å². The van der Waals surface area contributed by atoms with Crippen molar-refractivity contribution in [3.63, 3.8) is 0 Å². The van der Waals surface area contributed by atoms with Crippen LogP contribution in [-0.2, 0) is 6.61 Å². The van der Waals surface area contributed by atoms with Gasteiger partial charge < -0.3 is 10.1 Å². The average molecular weight is 305 g/mol. The number of aromatic nitrogens is 3. The van der Waals surface area contributed by atoms with Gasteiger partial charge in [0.05, 0.1) is 18.0 Å². The molecule has 0 aliphatic heterocycles. The third-order valence-corrected chi connectivity index (χ3v) is 3.86. The first-order chi connectivity index (χ1) is 11.1. The summed E-state index contributed by atoms with van der Waals surface area (Å²) in [6.07, 6.45) is 3.46. The third kappa shape index (κ3) is 2.94. The molecule has 0 saturated carbocycles. The second-order valence-electron chi connectivity index (χ2n) is 5.54. The number of hydrogen-bond acceptors (Lipinski definition) is 3. The maximum Gasteiger partial charge on any atom is 0.138 e. The lowest BCUT2D eigenvalue weighted by atomic mass is 10.0. The van der Waals surface area contributed by atoms with E-state index in [0.29, 0.717) is 0 Å². The predicted octanol–water partition coefficient (Wildman–Crippen LogP) is 3.89. The highest BCUT2D eigenvalue weighted by atomic mass is 16.3. The Morgan fingerprint density at radius 3 is 2.43 bits per heavy atom. The predicted molar refractivity (Wildman–Crippen MR) is 92.7 cm³/mol. The van der Waals surface area contributed by atoms with E-state index in [-0.39, 0.29) is 6.61 Å². The third-order valence-electron chi connectivity index (χ3n) is 3.86. The number of aromatic amines is 1. The zero-order chi connectivity index (χ0) is 16.4. The van der Waals surface area contributed by atoms with Gasteiger partial charge in [-0.1, -0.05) is 36.9 Å². The van der Waals surface area contributed by atoms with Gasteiger partial charge in [-0.3, -0.25) is 4.98 Å². The molecule has 0 aliphatic carbocycles. The van der Waals surface area contributed by atoms with Crippen molar-refractivity contribution in [1.29, 1.82) is 0 Å². The van der Waals surface area contributed by atoms with E-state index < -0.39 is 0 Å². The highest BCUT2D eigenvalue weighted by Gasteiger charge is 2.08. The van der Waals surface area contributed by atoms with E-state index in [1.54, 1.807) is 12.3 Å². The van der Waals surface area contributed by atoms with E-state index in [1.165, 1.54) is 0 Å². The largest absolute Gasteiger partial charge is 0.392 e. The Bertz CT molecular complexity index is 848. The number of pyridine rings is 1. The molecule has 0 atom stereocenters. The molecule has 0 spiro atoms. The second-order valence-corrected chi connectivity index (χ2v) is 5.54. The van der Waals surface area contributed by atoms with Crippen LogP contribution in [0.15, 0.2) is 43.1 Å². The van der Waals surface area contributed by atoms with E-state index in [0.717, 1.165) is 45.2 Å². The number of benzene rings is 1. The molecule has 3 rings (SSSR count). The Labute approximate surface area is 135 Å². The minimum absolute atomic E-state index is 0.0105. The number of nitrogens with one attached hydrogen (secondary N) is 1. The number of imidazole rings is 1. The summed E-state index contributed by atoms with van der Waals surface area (Å²) in [6, 6.07) is 10.1. The van der Waals surface area contributed by atoms with Crippen LogP contribution in [0, 0.1) is 13.8 Å².